The zero-order valence-corrected chi connectivity index (χ0v) is 17.7. The molecule has 2 aromatic carbocycles. The molecule has 2 aliphatic rings. The molecule has 0 unspecified atom stereocenters. The Morgan fingerprint density at radius 1 is 1.13 bits per heavy atom. The fourth-order valence-electron chi connectivity index (χ4n) is 4.09. The quantitative estimate of drug-likeness (QED) is 0.682. The van der Waals surface area contributed by atoms with E-state index in [-0.39, 0.29) is 17.5 Å². The van der Waals surface area contributed by atoms with Gasteiger partial charge in [0, 0.05) is 36.9 Å². The van der Waals surface area contributed by atoms with Gasteiger partial charge in [-0.25, -0.2) is 4.98 Å². The van der Waals surface area contributed by atoms with Crippen LogP contribution in [0.3, 0.4) is 0 Å². The summed E-state index contributed by atoms with van der Waals surface area (Å²) in [5.74, 6) is -0.0948. The van der Waals surface area contributed by atoms with E-state index in [9.17, 15) is 9.59 Å². The van der Waals surface area contributed by atoms with Crippen molar-refractivity contribution < 1.29 is 4.79 Å². The van der Waals surface area contributed by atoms with Crippen LogP contribution in [0.4, 0.5) is 5.69 Å². The summed E-state index contributed by atoms with van der Waals surface area (Å²) >= 11 is 0. The van der Waals surface area contributed by atoms with E-state index in [1.807, 2.05) is 37.3 Å². The molecule has 0 bridgehead atoms. The summed E-state index contributed by atoms with van der Waals surface area (Å²) < 4.78 is 1.55. The maximum Gasteiger partial charge on any atom is 0.265 e. The summed E-state index contributed by atoms with van der Waals surface area (Å²) in [4.78, 5) is 32.8. The zero-order chi connectivity index (χ0) is 21.4. The number of aryl methyl sites for hydroxylation is 1. The lowest BCUT2D eigenvalue weighted by Gasteiger charge is -2.22. The fourth-order valence-corrected chi connectivity index (χ4v) is 4.09. The SMILES string of the molecule is Cc1ccc(C(=O)NC2CC2)cc1-n1cnc2ccc(N3CCCNCC3)cc2c1=O. The number of aromatic nitrogens is 2. The first-order valence-electron chi connectivity index (χ1n) is 11.0. The Hall–Kier alpha value is -3.19. The highest BCUT2D eigenvalue weighted by atomic mass is 16.1. The normalized spacial score (nSPS) is 16.9. The van der Waals surface area contributed by atoms with E-state index in [4.69, 9.17) is 0 Å². The molecule has 2 fully saturated rings. The number of nitrogens with zero attached hydrogens (tertiary/aromatic N) is 3. The monoisotopic (exact) mass is 417 g/mol. The van der Waals surface area contributed by atoms with Gasteiger partial charge >= 0.3 is 0 Å². The molecule has 7 nitrogen and oxygen atoms in total. The average Bonchev–Trinajstić information content (AvgIpc) is 3.62. The van der Waals surface area contributed by atoms with Crippen LogP contribution in [0.2, 0.25) is 0 Å². The van der Waals surface area contributed by atoms with E-state index in [1.54, 1.807) is 17.0 Å². The number of carbonyl (C=O) groups excluding carboxylic acids is 1. The predicted molar refractivity (Wildman–Crippen MR) is 122 cm³/mol. The smallest absolute Gasteiger partial charge is 0.265 e. The summed E-state index contributed by atoms with van der Waals surface area (Å²) in [7, 11) is 0. The molecule has 1 saturated heterocycles. The third kappa shape index (κ3) is 4.05. The molecular formula is C24H27N5O2. The topological polar surface area (TPSA) is 79.3 Å². The molecule has 1 aliphatic carbocycles. The Morgan fingerprint density at radius 3 is 2.84 bits per heavy atom. The molecule has 2 N–H and O–H groups in total. The zero-order valence-electron chi connectivity index (χ0n) is 17.7. The van der Waals surface area contributed by atoms with Gasteiger partial charge < -0.3 is 15.5 Å². The first-order valence-corrected chi connectivity index (χ1v) is 11.0. The van der Waals surface area contributed by atoms with Crippen LogP contribution in [0.25, 0.3) is 16.6 Å². The number of nitrogens with one attached hydrogen (secondary N) is 2. The molecule has 2 heterocycles. The maximum atomic E-state index is 13.4. The lowest BCUT2D eigenvalue weighted by atomic mass is 10.1. The van der Waals surface area contributed by atoms with E-state index < -0.39 is 0 Å². The summed E-state index contributed by atoms with van der Waals surface area (Å²) in [5.41, 5.74) is 3.77. The molecule has 3 aromatic rings. The van der Waals surface area contributed by atoms with Crippen molar-refractivity contribution in [2.45, 2.75) is 32.2 Å². The van der Waals surface area contributed by atoms with Crippen molar-refractivity contribution in [3.05, 3.63) is 64.2 Å². The maximum absolute atomic E-state index is 13.4. The number of anilines is 1. The molecule has 31 heavy (non-hydrogen) atoms. The minimum Gasteiger partial charge on any atom is -0.370 e. The van der Waals surface area contributed by atoms with E-state index in [0.29, 0.717) is 22.2 Å². The van der Waals surface area contributed by atoms with Crippen molar-refractivity contribution in [1.29, 1.82) is 0 Å². The van der Waals surface area contributed by atoms with Gasteiger partial charge in [-0.15, -0.1) is 0 Å². The largest absolute Gasteiger partial charge is 0.370 e. The van der Waals surface area contributed by atoms with E-state index in [0.717, 1.165) is 56.7 Å². The molecule has 0 atom stereocenters. The summed E-state index contributed by atoms with van der Waals surface area (Å²) in [6, 6.07) is 11.7. The van der Waals surface area contributed by atoms with Gasteiger partial charge in [0.25, 0.3) is 11.5 Å². The van der Waals surface area contributed by atoms with Gasteiger partial charge in [0.1, 0.15) is 6.33 Å². The highest BCUT2D eigenvalue weighted by molar-refractivity contribution is 5.95. The Labute approximate surface area is 181 Å². The van der Waals surface area contributed by atoms with Crippen LogP contribution in [-0.4, -0.2) is 47.7 Å². The Bertz CT molecular complexity index is 1190. The van der Waals surface area contributed by atoms with Crippen molar-refractivity contribution in [2.24, 2.45) is 0 Å². The van der Waals surface area contributed by atoms with E-state index in [2.05, 4.69) is 20.5 Å². The summed E-state index contributed by atoms with van der Waals surface area (Å²) in [6.07, 6.45) is 4.71. The molecule has 0 spiro atoms. The van der Waals surface area contributed by atoms with Crippen LogP contribution in [-0.2, 0) is 0 Å². The van der Waals surface area contributed by atoms with E-state index >= 15 is 0 Å². The van der Waals surface area contributed by atoms with E-state index in [1.165, 1.54) is 0 Å². The Balaban J connectivity index is 1.54. The second kappa shape index (κ2) is 8.15. The molecular weight excluding hydrogens is 390 g/mol. The third-order valence-corrected chi connectivity index (χ3v) is 6.09. The lowest BCUT2D eigenvalue weighted by Crippen LogP contribution is -2.28. The predicted octanol–water partition coefficient (Wildman–Crippen LogP) is 2.39. The molecule has 1 saturated carbocycles. The molecule has 1 aromatic heterocycles. The number of carbonyl (C=O) groups is 1. The highest BCUT2D eigenvalue weighted by Crippen LogP contribution is 2.22. The van der Waals surface area contributed by atoms with Crippen molar-refractivity contribution in [1.82, 2.24) is 20.2 Å². The van der Waals surface area contributed by atoms with Crippen molar-refractivity contribution >= 4 is 22.5 Å². The van der Waals surface area contributed by atoms with Crippen LogP contribution in [0.1, 0.15) is 35.2 Å². The molecule has 1 amide bonds. The number of benzene rings is 2. The van der Waals surface area contributed by atoms with Crippen molar-refractivity contribution in [3.63, 3.8) is 0 Å². The van der Waals surface area contributed by atoms with Gasteiger partial charge in [-0.3, -0.25) is 14.2 Å². The van der Waals surface area contributed by atoms with Crippen LogP contribution < -0.4 is 21.1 Å². The molecule has 1 aliphatic heterocycles. The van der Waals surface area contributed by atoms with Gasteiger partial charge in [0.05, 0.1) is 16.6 Å². The molecule has 160 valence electrons. The van der Waals surface area contributed by atoms with Crippen LogP contribution in [0.5, 0.6) is 0 Å². The molecule has 7 heteroatoms. The summed E-state index contributed by atoms with van der Waals surface area (Å²) in [5, 5.41) is 7.01. The van der Waals surface area contributed by atoms with Crippen molar-refractivity contribution in [3.8, 4) is 5.69 Å². The second-order valence-corrected chi connectivity index (χ2v) is 8.46. The van der Waals surface area contributed by atoms with Crippen LogP contribution >= 0.6 is 0 Å². The fraction of sp³-hybridized carbons (Fsp3) is 0.375. The van der Waals surface area contributed by atoms with Gasteiger partial charge in [0.15, 0.2) is 0 Å². The van der Waals surface area contributed by atoms with Crippen LogP contribution in [0, 0.1) is 6.92 Å². The van der Waals surface area contributed by atoms with Gasteiger partial charge in [-0.2, -0.15) is 0 Å². The average molecular weight is 418 g/mol. The van der Waals surface area contributed by atoms with Crippen LogP contribution in [0.15, 0.2) is 47.5 Å². The first-order chi connectivity index (χ1) is 15.1. The Kier molecular flexibility index (Phi) is 5.19. The summed E-state index contributed by atoms with van der Waals surface area (Å²) in [6.45, 7) is 5.77. The third-order valence-electron chi connectivity index (χ3n) is 6.09. The number of rotatable bonds is 4. The number of hydrogen-bond acceptors (Lipinski definition) is 5. The number of fused-ring (bicyclic) bond motifs is 1. The lowest BCUT2D eigenvalue weighted by molar-refractivity contribution is 0.0951. The van der Waals surface area contributed by atoms with Crippen molar-refractivity contribution in [2.75, 3.05) is 31.1 Å². The highest BCUT2D eigenvalue weighted by Gasteiger charge is 2.24. The first kappa shape index (κ1) is 19.8. The van der Waals surface area contributed by atoms with Gasteiger partial charge in [-0.1, -0.05) is 6.07 Å². The molecule has 5 rings (SSSR count). The van der Waals surface area contributed by atoms with Gasteiger partial charge in [0.2, 0.25) is 0 Å². The standard InChI is InChI=1S/C24H27N5O2/c1-16-3-4-17(23(30)27-18-5-6-18)13-22(16)29-15-26-21-8-7-19(14-20(21)24(29)31)28-11-2-9-25-10-12-28/h3-4,7-8,13-15,18,25H,2,5-6,9-12H2,1H3,(H,27,30). The number of hydrogen-bond donors (Lipinski definition) is 2. The molecule has 0 radical (unpaired) electrons. The number of amides is 1. The second-order valence-electron chi connectivity index (χ2n) is 8.46. The Morgan fingerprint density at radius 2 is 2.00 bits per heavy atom. The minimum atomic E-state index is -0.123. The van der Waals surface area contributed by atoms with Gasteiger partial charge in [-0.05, 0) is 68.6 Å². The minimum absolute atomic E-state index is 0.0948.